The van der Waals surface area contributed by atoms with Gasteiger partial charge in [-0.25, -0.2) is 4.98 Å². The Morgan fingerprint density at radius 3 is 3.06 bits per heavy atom. The minimum atomic E-state index is -0.406. The summed E-state index contributed by atoms with van der Waals surface area (Å²) in [5, 5.41) is 17.1. The van der Waals surface area contributed by atoms with Gasteiger partial charge in [-0.1, -0.05) is 0 Å². The highest BCUT2D eigenvalue weighted by Crippen LogP contribution is 2.23. The number of hydrogen-bond donors (Lipinski definition) is 2. The Morgan fingerprint density at radius 1 is 1.62 bits per heavy atom. The molecule has 1 aliphatic rings. The Morgan fingerprint density at radius 2 is 2.44 bits per heavy atom. The highest BCUT2D eigenvalue weighted by atomic mass is 16.6. The predicted molar refractivity (Wildman–Crippen MR) is 60.5 cm³/mol. The molecule has 1 aromatic heterocycles. The first-order chi connectivity index (χ1) is 7.66. The molecule has 0 spiro atoms. The molecule has 1 unspecified atom stereocenters. The van der Waals surface area contributed by atoms with Crippen LogP contribution in [0.3, 0.4) is 0 Å². The lowest BCUT2D eigenvalue weighted by atomic mass is 10.2. The minimum absolute atomic E-state index is 0.0394. The van der Waals surface area contributed by atoms with Gasteiger partial charge in [0.05, 0.1) is 4.92 Å². The van der Waals surface area contributed by atoms with E-state index in [2.05, 4.69) is 15.6 Å². The predicted octanol–water partition coefficient (Wildman–Crippen LogP) is 1.07. The van der Waals surface area contributed by atoms with Gasteiger partial charge in [0.25, 0.3) is 0 Å². The number of pyridine rings is 1. The normalized spacial score (nSPS) is 19.7. The van der Waals surface area contributed by atoms with E-state index in [1.165, 1.54) is 6.07 Å². The summed E-state index contributed by atoms with van der Waals surface area (Å²) in [5.74, 6) is 0.374. The standard InChI is InChI=1S/C10H14N4O2/c1-7-2-3-9(14(15)16)10(12-7)13-8-4-5-11-6-8/h2-3,8,11H,4-6H2,1H3,(H,12,13). The molecule has 2 heterocycles. The number of nitrogens with zero attached hydrogens (tertiary/aromatic N) is 2. The van der Waals surface area contributed by atoms with Crippen LogP contribution in [0.4, 0.5) is 11.5 Å². The molecule has 1 fully saturated rings. The van der Waals surface area contributed by atoms with Crippen LogP contribution in [0.25, 0.3) is 0 Å². The van der Waals surface area contributed by atoms with Crippen LogP contribution in [0.1, 0.15) is 12.1 Å². The highest BCUT2D eigenvalue weighted by molar-refractivity contribution is 5.56. The van der Waals surface area contributed by atoms with Gasteiger partial charge < -0.3 is 10.6 Å². The molecule has 1 aliphatic heterocycles. The van der Waals surface area contributed by atoms with Gasteiger partial charge in [0, 0.05) is 24.3 Å². The second-order valence-electron chi connectivity index (χ2n) is 3.91. The van der Waals surface area contributed by atoms with Crippen molar-refractivity contribution in [3.63, 3.8) is 0 Å². The summed E-state index contributed by atoms with van der Waals surface area (Å²) in [6.07, 6.45) is 0.965. The van der Waals surface area contributed by atoms with Crippen LogP contribution < -0.4 is 10.6 Å². The second kappa shape index (κ2) is 4.44. The van der Waals surface area contributed by atoms with Crippen LogP contribution in [0.5, 0.6) is 0 Å². The molecule has 1 atom stereocenters. The third kappa shape index (κ3) is 2.27. The van der Waals surface area contributed by atoms with Crippen molar-refractivity contribution in [2.45, 2.75) is 19.4 Å². The van der Waals surface area contributed by atoms with Gasteiger partial charge in [-0.05, 0) is 26.0 Å². The zero-order valence-electron chi connectivity index (χ0n) is 9.06. The summed E-state index contributed by atoms with van der Waals surface area (Å²) in [6, 6.07) is 3.37. The van der Waals surface area contributed by atoms with Crippen molar-refractivity contribution in [1.82, 2.24) is 10.3 Å². The second-order valence-corrected chi connectivity index (χ2v) is 3.91. The fourth-order valence-corrected chi connectivity index (χ4v) is 1.77. The summed E-state index contributed by atoms with van der Waals surface area (Å²) in [7, 11) is 0. The molecule has 6 nitrogen and oxygen atoms in total. The molecule has 2 rings (SSSR count). The SMILES string of the molecule is Cc1ccc([N+](=O)[O-])c(NC2CCNC2)n1. The first kappa shape index (κ1) is 10.8. The number of hydrogen-bond acceptors (Lipinski definition) is 5. The van der Waals surface area contributed by atoms with Gasteiger partial charge in [0.15, 0.2) is 0 Å². The molecule has 6 heteroatoms. The van der Waals surface area contributed by atoms with Gasteiger partial charge >= 0.3 is 5.69 Å². The summed E-state index contributed by atoms with van der Waals surface area (Å²) >= 11 is 0. The quantitative estimate of drug-likeness (QED) is 0.590. The Balaban J connectivity index is 2.22. The van der Waals surface area contributed by atoms with Crippen LogP contribution in [0, 0.1) is 17.0 Å². The van der Waals surface area contributed by atoms with Crippen molar-refractivity contribution in [3.8, 4) is 0 Å². The molecule has 0 saturated carbocycles. The average molecular weight is 222 g/mol. The lowest BCUT2D eigenvalue weighted by molar-refractivity contribution is -0.384. The average Bonchev–Trinajstić information content (AvgIpc) is 2.70. The van der Waals surface area contributed by atoms with Crippen LogP contribution in [0.15, 0.2) is 12.1 Å². The van der Waals surface area contributed by atoms with E-state index in [1.54, 1.807) is 6.07 Å². The first-order valence-electron chi connectivity index (χ1n) is 5.26. The van der Waals surface area contributed by atoms with Gasteiger partial charge in [-0.2, -0.15) is 0 Å². The highest BCUT2D eigenvalue weighted by Gasteiger charge is 2.20. The number of aromatic nitrogens is 1. The number of rotatable bonds is 3. The van der Waals surface area contributed by atoms with Crippen molar-refractivity contribution < 1.29 is 4.92 Å². The molecule has 16 heavy (non-hydrogen) atoms. The number of nitro groups is 1. The molecule has 0 bridgehead atoms. The lowest BCUT2D eigenvalue weighted by Crippen LogP contribution is -2.23. The molecule has 1 saturated heterocycles. The third-order valence-corrected chi connectivity index (χ3v) is 2.61. The fourth-order valence-electron chi connectivity index (χ4n) is 1.77. The Labute approximate surface area is 93.2 Å². The first-order valence-corrected chi connectivity index (χ1v) is 5.26. The molecule has 0 aromatic carbocycles. The largest absolute Gasteiger partial charge is 0.360 e. The molecule has 2 N–H and O–H groups in total. The third-order valence-electron chi connectivity index (χ3n) is 2.61. The van der Waals surface area contributed by atoms with E-state index < -0.39 is 4.92 Å². The summed E-state index contributed by atoms with van der Waals surface area (Å²) in [6.45, 7) is 3.59. The minimum Gasteiger partial charge on any atom is -0.360 e. The van der Waals surface area contributed by atoms with Crippen molar-refractivity contribution in [1.29, 1.82) is 0 Å². The maximum atomic E-state index is 10.8. The zero-order chi connectivity index (χ0) is 11.5. The van der Waals surface area contributed by atoms with E-state index in [9.17, 15) is 10.1 Å². The monoisotopic (exact) mass is 222 g/mol. The van der Waals surface area contributed by atoms with E-state index in [-0.39, 0.29) is 11.7 Å². The van der Waals surface area contributed by atoms with Gasteiger partial charge in [0.2, 0.25) is 5.82 Å². The Hall–Kier alpha value is -1.69. The van der Waals surface area contributed by atoms with Crippen molar-refractivity contribution in [3.05, 3.63) is 27.9 Å². The van der Waals surface area contributed by atoms with Gasteiger partial charge in [0.1, 0.15) is 0 Å². The van der Waals surface area contributed by atoms with E-state index in [4.69, 9.17) is 0 Å². The summed E-state index contributed by atoms with van der Waals surface area (Å²) in [4.78, 5) is 14.6. The maximum Gasteiger partial charge on any atom is 0.311 e. The number of anilines is 1. The molecular weight excluding hydrogens is 208 g/mol. The van der Waals surface area contributed by atoms with Crippen molar-refractivity contribution >= 4 is 11.5 Å². The smallest absolute Gasteiger partial charge is 0.311 e. The van der Waals surface area contributed by atoms with E-state index in [1.807, 2.05) is 6.92 Å². The van der Waals surface area contributed by atoms with Crippen molar-refractivity contribution in [2.75, 3.05) is 18.4 Å². The van der Waals surface area contributed by atoms with E-state index in [0.717, 1.165) is 25.2 Å². The Kier molecular flexibility index (Phi) is 3.00. The van der Waals surface area contributed by atoms with E-state index >= 15 is 0 Å². The molecule has 0 radical (unpaired) electrons. The van der Waals surface area contributed by atoms with Crippen LogP contribution in [0.2, 0.25) is 0 Å². The van der Waals surface area contributed by atoms with Crippen LogP contribution >= 0.6 is 0 Å². The number of nitrogens with one attached hydrogen (secondary N) is 2. The molecule has 0 aliphatic carbocycles. The van der Waals surface area contributed by atoms with E-state index in [0.29, 0.717) is 5.82 Å². The number of aryl methyl sites for hydroxylation is 1. The van der Waals surface area contributed by atoms with Crippen molar-refractivity contribution in [2.24, 2.45) is 0 Å². The van der Waals surface area contributed by atoms with Crippen LogP contribution in [-0.4, -0.2) is 29.0 Å². The molecule has 1 aromatic rings. The molecule has 86 valence electrons. The fraction of sp³-hybridized carbons (Fsp3) is 0.500. The Bertz CT molecular complexity index is 402. The molecular formula is C10H14N4O2. The maximum absolute atomic E-state index is 10.8. The van der Waals surface area contributed by atoms with Gasteiger partial charge in [-0.15, -0.1) is 0 Å². The summed E-state index contributed by atoms with van der Waals surface area (Å²) < 4.78 is 0. The lowest BCUT2D eigenvalue weighted by Gasteiger charge is -2.12. The van der Waals surface area contributed by atoms with Gasteiger partial charge in [-0.3, -0.25) is 10.1 Å². The molecule has 0 amide bonds. The summed E-state index contributed by atoms with van der Waals surface area (Å²) in [5.41, 5.74) is 0.816. The van der Waals surface area contributed by atoms with Crippen LogP contribution in [-0.2, 0) is 0 Å². The zero-order valence-corrected chi connectivity index (χ0v) is 9.06. The topological polar surface area (TPSA) is 80.1 Å².